The Morgan fingerprint density at radius 1 is 1.06 bits per heavy atom. The first-order valence-corrected chi connectivity index (χ1v) is 11.5. The molecule has 33 heavy (non-hydrogen) atoms. The highest BCUT2D eigenvalue weighted by atomic mass is 35.5. The lowest BCUT2D eigenvalue weighted by Crippen LogP contribution is -2.26. The van der Waals surface area contributed by atoms with Gasteiger partial charge in [-0.05, 0) is 68.9 Å². The zero-order chi connectivity index (χ0) is 22.2. The van der Waals surface area contributed by atoms with Gasteiger partial charge in [-0.2, -0.15) is 9.61 Å². The van der Waals surface area contributed by atoms with E-state index < -0.39 is 0 Å². The number of aromatic nitrogens is 3. The molecule has 0 saturated heterocycles. The van der Waals surface area contributed by atoms with Crippen LogP contribution in [0.15, 0.2) is 48.5 Å². The lowest BCUT2D eigenvalue weighted by Gasteiger charge is -2.26. The Labute approximate surface area is 201 Å². The third-order valence-corrected chi connectivity index (χ3v) is 6.54. The summed E-state index contributed by atoms with van der Waals surface area (Å²) in [5.74, 6) is 2.07. The van der Waals surface area contributed by atoms with Gasteiger partial charge >= 0.3 is 0 Å². The minimum Gasteiger partial charge on any atom is -0.497 e. The quantitative estimate of drug-likeness (QED) is 0.354. The maximum absolute atomic E-state index is 5.42. The van der Waals surface area contributed by atoms with Gasteiger partial charge in [-0.3, -0.25) is 0 Å². The molecule has 0 N–H and O–H groups in total. The van der Waals surface area contributed by atoms with Crippen LogP contribution in [0.25, 0.3) is 16.8 Å². The summed E-state index contributed by atoms with van der Waals surface area (Å²) in [6.45, 7) is 8.22. The molecular weight excluding hydrogens is 432 g/mol. The number of hydrogen-bond donors (Lipinski definition) is 0. The number of ether oxygens (including phenoxy) is 1. The number of anilines is 1. The molecule has 1 aliphatic carbocycles. The molecule has 0 amide bonds. The third kappa shape index (κ3) is 4.06. The number of halogens is 1. The summed E-state index contributed by atoms with van der Waals surface area (Å²) in [7, 11) is 1.71. The highest BCUT2D eigenvalue weighted by Gasteiger charge is 2.27. The Hall–Kier alpha value is -3.05. The summed E-state index contributed by atoms with van der Waals surface area (Å²) in [5, 5.41) is 5.04. The fourth-order valence-corrected chi connectivity index (χ4v) is 4.94. The van der Waals surface area contributed by atoms with Crippen LogP contribution >= 0.6 is 12.4 Å². The fourth-order valence-electron chi connectivity index (χ4n) is 4.94. The van der Waals surface area contributed by atoms with Gasteiger partial charge in [0.15, 0.2) is 5.65 Å². The standard InChI is InChI=1S/C27H30N4O.ClH/c1-5-30(17-20-10-7-6-8-11-20)27-23-12-9-13-24(23)28-26-25(19(3)29-31(26)27)22-15-14-21(32-4)16-18(22)2;/h6-8,10-11,14-16H,5,9,12-13,17H2,1-4H3;1H. The normalized spacial score (nSPS) is 12.5. The maximum Gasteiger partial charge on any atom is 0.165 e. The molecule has 0 saturated carbocycles. The molecule has 0 spiro atoms. The summed E-state index contributed by atoms with van der Waals surface area (Å²) < 4.78 is 7.53. The van der Waals surface area contributed by atoms with Gasteiger partial charge in [-0.25, -0.2) is 4.98 Å². The highest BCUT2D eigenvalue weighted by molar-refractivity contribution is 5.85. The maximum atomic E-state index is 5.42. The number of hydrogen-bond acceptors (Lipinski definition) is 4. The zero-order valence-corrected chi connectivity index (χ0v) is 20.6. The van der Waals surface area contributed by atoms with Crippen LogP contribution in [0.1, 0.15) is 41.4 Å². The SMILES string of the molecule is CCN(Cc1ccccc1)c1c2c(nc3c(-c4ccc(OC)cc4C)c(C)nn13)CCC2.Cl. The lowest BCUT2D eigenvalue weighted by molar-refractivity contribution is 0.414. The Morgan fingerprint density at radius 2 is 1.85 bits per heavy atom. The van der Waals surface area contributed by atoms with Crippen LogP contribution < -0.4 is 9.64 Å². The third-order valence-electron chi connectivity index (χ3n) is 6.54. The van der Waals surface area contributed by atoms with Crippen molar-refractivity contribution in [2.45, 2.75) is 46.6 Å². The molecule has 1 aliphatic rings. The van der Waals surface area contributed by atoms with Crippen LogP contribution in [-0.4, -0.2) is 28.3 Å². The summed E-state index contributed by atoms with van der Waals surface area (Å²) >= 11 is 0. The number of benzene rings is 2. The fraction of sp³-hybridized carbons (Fsp3) is 0.333. The van der Waals surface area contributed by atoms with Gasteiger partial charge < -0.3 is 9.64 Å². The van der Waals surface area contributed by atoms with Gasteiger partial charge in [0.2, 0.25) is 0 Å². The van der Waals surface area contributed by atoms with E-state index in [-0.39, 0.29) is 12.4 Å². The Morgan fingerprint density at radius 3 is 2.55 bits per heavy atom. The van der Waals surface area contributed by atoms with Gasteiger partial charge in [-0.1, -0.05) is 36.4 Å². The average molecular weight is 463 g/mol. The Kier molecular flexibility index (Phi) is 6.61. The lowest BCUT2D eigenvalue weighted by atomic mass is 10.0. The van der Waals surface area contributed by atoms with Crippen molar-refractivity contribution in [3.63, 3.8) is 0 Å². The van der Waals surface area contributed by atoms with Crippen LogP contribution in [-0.2, 0) is 19.4 Å². The number of aryl methyl sites for hydroxylation is 3. The zero-order valence-electron chi connectivity index (χ0n) is 19.8. The van der Waals surface area contributed by atoms with Crippen molar-refractivity contribution in [1.82, 2.24) is 14.6 Å². The predicted molar refractivity (Wildman–Crippen MR) is 137 cm³/mol. The highest BCUT2D eigenvalue weighted by Crippen LogP contribution is 2.38. The number of rotatable bonds is 6. The van der Waals surface area contributed by atoms with E-state index in [1.165, 1.54) is 33.8 Å². The Bertz CT molecular complexity index is 1280. The second-order valence-corrected chi connectivity index (χ2v) is 8.59. The first kappa shape index (κ1) is 23.1. The topological polar surface area (TPSA) is 42.7 Å². The first-order chi connectivity index (χ1) is 15.6. The van der Waals surface area contributed by atoms with E-state index in [9.17, 15) is 0 Å². The molecule has 2 heterocycles. The molecule has 0 atom stereocenters. The summed E-state index contributed by atoms with van der Waals surface area (Å²) in [5.41, 5.74) is 9.31. The number of fused-ring (bicyclic) bond motifs is 2. The van der Waals surface area contributed by atoms with Gasteiger partial charge in [0, 0.05) is 29.9 Å². The molecule has 0 unspecified atom stereocenters. The van der Waals surface area contributed by atoms with E-state index in [2.05, 4.69) is 72.7 Å². The summed E-state index contributed by atoms with van der Waals surface area (Å²) in [4.78, 5) is 7.61. The van der Waals surface area contributed by atoms with Crippen LogP contribution in [0.3, 0.4) is 0 Å². The van der Waals surface area contributed by atoms with Gasteiger partial charge in [0.1, 0.15) is 11.6 Å². The van der Waals surface area contributed by atoms with Crippen molar-refractivity contribution in [1.29, 1.82) is 0 Å². The first-order valence-electron chi connectivity index (χ1n) is 11.5. The molecule has 2 aromatic heterocycles. The Balaban J connectivity index is 0.00000259. The molecule has 0 radical (unpaired) electrons. The van der Waals surface area contributed by atoms with E-state index in [0.717, 1.165) is 55.0 Å². The van der Waals surface area contributed by atoms with E-state index in [1.807, 2.05) is 6.07 Å². The predicted octanol–water partition coefficient (Wildman–Crippen LogP) is 5.96. The molecule has 0 aliphatic heterocycles. The largest absolute Gasteiger partial charge is 0.497 e. The minimum atomic E-state index is 0. The summed E-state index contributed by atoms with van der Waals surface area (Å²) in [6.07, 6.45) is 3.25. The van der Waals surface area contributed by atoms with Gasteiger partial charge in [0.05, 0.1) is 12.8 Å². The van der Waals surface area contributed by atoms with E-state index in [0.29, 0.717) is 0 Å². The second kappa shape index (κ2) is 9.44. The average Bonchev–Trinajstić information content (AvgIpc) is 3.40. The van der Waals surface area contributed by atoms with Crippen molar-refractivity contribution in [2.75, 3.05) is 18.6 Å². The van der Waals surface area contributed by atoms with Crippen molar-refractivity contribution in [3.05, 3.63) is 76.6 Å². The van der Waals surface area contributed by atoms with E-state index in [4.69, 9.17) is 14.8 Å². The number of methoxy groups -OCH3 is 1. The van der Waals surface area contributed by atoms with E-state index in [1.54, 1.807) is 7.11 Å². The van der Waals surface area contributed by atoms with Gasteiger partial charge in [0.25, 0.3) is 0 Å². The molecule has 2 aromatic carbocycles. The second-order valence-electron chi connectivity index (χ2n) is 8.59. The molecular formula is C27H31ClN4O. The van der Waals surface area contributed by atoms with Crippen LogP contribution in [0.2, 0.25) is 0 Å². The summed E-state index contributed by atoms with van der Waals surface area (Å²) in [6, 6.07) is 16.9. The molecule has 6 heteroatoms. The van der Waals surface area contributed by atoms with Crippen molar-refractivity contribution < 1.29 is 4.74 Å². The van der Waals surface area contributed by atoms with Gasteiger partial charge in [-0.15, -0.1) is 12.4 Å². The van der Waals surface area contributed by atoms with Crippen LogP contribution in [0.5, 0.6) is 5.75 Å². The molecule has 4 aromatic rings. The van der Waals surface area contributed by atoms with Crippen LogP contribution in [0.4, 0.5) is 5.82 Å². The van der Waals surface area contributed by atoms with Crippen LogP contribution in [0, 0.1) is 13.8 Å². The molecule has 5 rings (SSSR count). The molecule has 0 bridgehead atoms. The van der Waals surface area contributed by atoms with Crippen molar-refractivity contribution in [2.24, 2.45) is 0 Å². The van der Waals surface area contributed by atoms with Crippen molar-refractivity contribution in [3.8, 4) is 16.9 Å². The molecule has 5 nitrogen and oxygen atoms in total. The molecule has 172 valence electrons. The van der Waals surface area contributed by atoms with E-state index >= 15 is 0 Å². The minimum absolute atomic E-state index is 0. The monoisotopic (exact) mass is 462 g/mol. The molecule has 0 fully saturated rings. The smallest absolute Gasteiger partial charge is 0.165 e. The number of nitrogens with zero attached hydrogens (tertiary/aromatic N) is 4. The van der Waals surface area contributed by atoms with Crippen molar-refractivity contribution >= 4 is 23.9 Å².